The van der Waals surface area contributed by atoms with Crippen molar-refractivity contribution in [2.45, 2.75) is 13.3 Å². The Morgan fingerprint density at radius 1 is 0.750 bits per heavy atom. The predicted octanol–water partition coefficient (Wildman–Crippen LogP) is 5.80. The van der Waals surface area contributed by atoms with Crippen molar-refractivity contribution >= 4 is 10.9 Å². The third kappa shape index (κ3) is 2.93. The van der Waals surface area contributed by atoms with Gasteiger partial charge in [0.25, 0.3) is 0 Å². The fraction of sp³-hybridized carbons (Fsp3) is 0.0870. The first kappa shape index (κ1) is 14.6. The van der Waals surface area contributed by atoms with Crippen LogP contribution in [0.2, 0.25) is 0 Å². The number of hydrogen-bond donors (Lipinski definition) is 0. The second-order valence-corrected chi connectivity index (χ2v) is 6.22. The van der Waals surface area contributed by atoms with Gasteiger partial charge in [0.05, 0.1) is 11.2 Å². The molecule has 0 saturated carbocycles. The molecule has 116 valence electrons. The lowest BCUT2D eigenvalue weighted by atomic mass is 9.97. The number of hydrogen-bond acceptors (Lipinski definition) is 1. The van der Waals surface area contributed by atoms with Crippen molar-refractivity contribution in [3.05, 3.63) is 102 Å². The Bertz CT molecular complexity index is 973. The Balaban J connectivity index is 1.90. The number of fused-ring (bicyclic) bond motifs is 1. The quantitative estimate of drug-likeness (QED) is 0.466. The minimum absolute atomic E-state index is 0.891. The fourth-order valence-corrected chi connectivity index (χ4v) is 3.14. The lowest BCUT2D eigenvalue weighted by Gasteiger charge is -2.12. The molecular weight excluding hydrogens is 290 g/mol. The topological polar surface area (TPSA) is 12.9 Å². The van der Waals surface area contributed by atoms with Gasteiger partial charge in [0.15, 0.2) is 0 Å². The zero-order valence-electron chi connectivity index (χ0n) is 13.7. The highest BCUT2D eigenvalue weighted by Gasteiger charge is 2.10. The molecule has 0 unspecified atom stereocenters. The van der Waals surface area contributed by atoms with Crippen LogP contribution < -0.4 is 0 Å². The van der Waals surface area contributed by atoms with Gasteiger partial charge in [0.1, 0.15) is 0 Å². The zero-order chi connectivity index (χ0) is 16.4. The van der Waals surface area contributed by atoms with E-state index >= 15 is 0 Å². The molecule has 0 fully saturated rings. The first-order valence-corrected chi connectivity index (χ1v) is 8.29. The Kier molecular flexibility index (Phi) is 3.84. The van der Waals surface area contributed by atoms with Gasteiger partial charge < -0.3 is 0 Å². The van der Waals surface area contributed by atoms with Crippen molar-refractivity contribution in [3.8, 4) is 11.3 Å². The third-order valence-electron chi connectivity index (χ3n) is 4.33. The first-order chi connectivity index (χ1) is 11.8. The zero-order valence-corrected chi connectivity index (χ0v) is 13.7. The SMILES string of the molecule is Cc1ccc2nc(-c3ccccc3)c(Cc3ccccc3)cc2c1. The van der Waals surface area contributed by atoms with E-state index in [1.54, 1.807) is 0 Å². The number of rotatable bonds is 3. The molecular formula is C23H19N. The summed E-state index contributed by atoms with van der Waals surface area (Å²) in [6.07, 6.45) is 0.891. The molecule has 0 bridgehead atoms. The molecule has 0 amide bonds. The highest BCUT2D eigenvalue weighted by atomic mass is 14.7. The summed E-state index contributed by atoms with van der Waals surface area (Å²) in [5, 5.41) is 1.21. The monoisotopic (exact) mass is 309 g/mol. The molecule has 0 aliphatic rings. The van der Waals surface area contributed by atoms with Crippen LogP contribution in [0.1, 0.15) is 16.7 Å². The Hall–Kier alpha value is -2.93. The highest BCUT2D eigenvalue weighted by Crippen LogP contribution is 2.28. The van der Waals surface area contributed by atoms with Crippen molar-refractivity contribution in [2.75, 3.05) is 0 Å². The predicted molar refractivity (Wildman–Crippen MR) is 101 cm³/mol. The maximum absolute atomic E-state index is 4.98. The summed E-state index contributed by atoms with van der Waals surface area (Å²) in [6, 6.07) is 29.8. The second-order valence-electron chi connectivity index (χ2n) is 6.22. The first-order valence-electron chi connectivity index (χ1n) is 8.29. The van der Waals surface area contributed by atoms with Crippen LogP contribution in [0.5, 0.6) is 0 Å². The Morgan fingerprint density at radius 2 is 1.46 bits per heavy atom. The van der Waals surface area contributed by atoms with Gasteiger partial charge in [-0.05, 0) is 42.7 Å². The van der Waals surface area contributed by atoms with Gasteiger partial charge in [0, 0.05) is 10.9 Å². The molecule has 4 rings (SSSR count). The minimum Gasteiger partial charge on any atom is -0.247 e. The van der Waals surface area contributed by atoms with Gasteiger partial charge in [0.2, 0.25) is 0 Å². The van der Waals surface area contributed by atoms with Crippen molar-refractivity contribution < 1.29 is 0 Å². The third-order valence-corrected chi connectivity index (χ3v) is 4.33. The smallest absolute Gasteiger partial charge is 0.0745 e. The average Bonchev–Trinajstić information content (AvgIpc) is 2.63. The standard InChI is InChI=1S/C23H19N/c1-17-12-13-22-20(14-17)16-21(15-18-8-4-2-5-9-18)23(24-22)19-10-6-3-7-11-19/h2-14,16H,15H2,1H3. The van der Waals surface area contributed by atoms with Crippen molar-refractivity contribution in [1.82, 2.24) is 4.98 Å². The molecule has 1 nitrogen and oxygen atoms in total. The molecule has 1 heterocycles. The van der Waals surface area contributed by atoms with E-state index in [1.807, 2.05) is 6.07 Å². The molecule has 0 aliphatic carbocycles. The number of benzene rings is 3. The largest absolute Gasteiger partial charge is 0.247 e. The molecule has 1 heteroatoms. The maximum atomic E-state index is 4.98. The van der Waals surface area contributed by atoms with Gasteiger partial charge in [-0.15, -0.1) is 0 Å². The van der Waals surface area contributed by atoms with Crippen LogP contribution >= 0.6 is 0 Å². The molecule has 0 saturated heterocycles. The van der Waals surface area contributed by atoms with Crippen LogP contribution in [0.3, 0.4) is 0 Å². The molecule has 0 spiro atoms. The number of aryl methyl sites for hydroxylation is 1. The highest BCUT2D eigenvalue weighted by molar-refractivity contribution is 5.84. The van der Waals surface area contributed by atoms with Crippen LogP contribution in [0.25, 0.3) is 22.2 Å². The van der Waals surface area contributed by atoms with E-state index in [0.717, 1.165) is 17.6 Å². The van der Waals surface area contributed by atoms with Crippen LogP contribution in [0.15, 0.2) is 84.9 Å². The second kappa shape index (κ2) is 6.29. The number of pyridine rings is 1. The minimum atomic E-state index is 0.891. The van der Waals surface area contributed by atoms with Crippen LogP contribution in [-0.2, 0) is 6.42 Å². The van der Waals surface area contributed by atoms with Gasteiger partial charge in [-0.1, -0.05) is 72.3 Å². The summed E-state index contributed by atoms with van der Waals surface area (Å²) in [6.45, 7) is 2.13. The Morgan fingerprint density at radius 3 is 2.21 bits per heavy atom. The van der Waals surface area contributed by atoms with E-state index in [-0.39, 0.29) is 0 Å². The molecule has 0 atom stereocenters. The normalized spacial score (nSPS) is 10.9. The van der Waals surface area contributed by atoms with Gasteiger partial charge in [-0.2, -0.15) is 0 Å². The summed E-state index contributed by atoms with van der Waals surface area (Å²) in [5.74, 6) is 0. The lowest BCUT2D eigenvalue weighted by Crippen LogP contribution is -1.96. The van der Waals surface area contributed by atoms with E-state index in [1.165, 1.54) is 27.6 Å². The van der Waals surface area contributed by atoms with Crippen molar-refractivity contribution in [3.63, 3.8) is 0 Å². The number of nitrogens with zero attached hydrogens (tertiary/aromatic N) is 1. The summed E-state index contributed by atoms with van der Waals surface area (Å²) in [4.78, 5) is 4.98. The van der Waals surface area contributed by atoms with E-state index in [2.05, 4.69) is 85.8 Å². The Labute approximate surface area is 142 Å². The number of aromatic nitrogens is 1. The van der Waals surface area contributed by atoms with Crippen molar-refractivity contribution in [2.24, 2.45) is 0 Å². The molecule has 0 aliphatic heterocycles. The van der Waals surface area contributed by atoms with Gasteiger partial charge in [-0.25, -0.2) is 4.98 Å². The molecule has 0 N–H and O–H groups in total. The molecule has 4 aromatic rings. The average molecular weight is 309 g/mol. The van der Waals surface area contributed by atoms with Crippen LogP contribution in [0.4, 0.5) is 0 Å². The van der Waals surface area contributed by atoms with Crippen molar-refractivity contribution in [1.29, 1.82) is 0 Å². The van der Waals surface area contributed by atoms with Gasteiger partial charge in [-0.3, -0.25) is 0 Å². The molecule has 1 aromatic heterocycles. The molecule has 0 radical (unpaired) electrons. The van der Waals surface area contributed by atoms with E-state index in [4.69, 9.17) is 4.98 Å². The van der Waals surface area contributed by atoms with E-state index < -0.39 is 0 Å². The van der Waals surface area contributed by atoms with Gasteiger partial charge >= 0.3 is 0 Å². The summed E-state index contributed by atoms with van der Waals surface area (Å²) >= 11 is 0. The fourth-order valence-electron chi connectivity index (χ4n) is 3.14. The van der Waals surface area contributed by atoms with E-state index in [9.17, 15) is 0 Å². The summed E-state index contributed by atoms with van der Waals surface area (Å²) in [5.41, 5.74) is 7.15. The van der Waals surface area contributed by atoms with Crippen LogP contribution in [0, 0.1) is 6.92 Å². The molecule has 3 aromatic carbocycles. The van der Waals surface area contributed by atoms with E-state index in [0.29, 0.717) is 0 Å². The molecule has 24 heavy (non-hydrogen) atoms. The maximum Gasteiger partial charge on any atom is 0.0745 e. The van der Waals surface area contributed by atoms with Crippen LogP contribution in [-0.4, -0.2) is 4.98 Å². The summed E-state index contributed by atoms with van der Waals surface area (Å²) < 4.78 is 0. The lowest BCUT2D eigenvalue weighted by molar-refractivity contribution is 1.17. The summed E-state index contributed by atoms with van der Waals surface area (Å²) in [7, 11) is 0.